The summed E-state index contributed by atoms with van der Waals surface area (Å²) < 4.78 is 5.76. The molecular weight excluding hydrogens is 224 g/mol. The topological polar surface area (TPSA) is 26.3 Å². The number of carbonyl (C=O) groups excluding carboxylic acids is 1. The Labute approximate surface area is 111 Å². The summed E-state index contributed by atoms with van der Waals surface area (Å²) in [6.45, 7) is 11.9. The minimum atomic E-state index is -0.632. The maximum atomic E-state index is 12.1. The summed E-state index contributed by atoms with van der Waals surface area (Å²) in [4.78, 5) is 12.1. The molecule has 0 amide bonds. The fourth-order valence-corrected chi connectivity index (χ4v) is 1.66. The van der Waals surface area contributed by atoms with Crippen LogP contribution < -0.4 is 0 Å². The molecule has 0 N–H and O–H groups in total. The molecule has 0 aliphatic heterocycles. The fourth-order valence-electron chi connectivity index (χ4n) is 1.66. The Bertz CT molecular complexity index is 374. The number of ether oxygens (including phenoxy) is 1. The Morgan fingerprint density at radius 2 is 1.83 bits per heavy atom. The molecule has 1 unspecified atom stereocenters. The van der Waals surface area contributed by atoms with Crippen molar-refractivity contribution in [3.05, 3.63) is 0 Å². The molecule has 1 fully saturated rings. The summed E-state index contributed by atoms with van der Waals surface area (Å²) in [5.41, 5.74) is -1.07. The van der Waals surface area contributed by atoms with E-state index in [1.165, 1.54) is 0 Å². The van der Waals surface area contributed by atoms with E-state index in [2.05, 4.69) is 25.7 Å². The second-order valence-corrected chi connectivity index (χ2v) is 6.79. The van der Waals surface area contributed by atoms with Crippen molar-refractivity contribution < 1.29 is 9.53 Å². The highest BCUT2D eigenvalue weighted by Crippen LogP contribution is 2.55. The van der Waals surface area contributed by atoms with E-state index in [4.69, 9.17) is 4.74 Å². The van der Waals surface area contributed by atoms with Crippen molar-refractivity contribution in [3.8, 4) is 11.8 Å². The van der Waals surface area contributed by atoms with E-state index >= 15 is 0 Å². The number of carbonyl (C=O) groups is 1. The molecule has 102 valence electrons. The van der Waals surface area contributed by atoms with Crippen molar-refractivity contribution in [2.45, 2.75) is 72.8 Å². The molecule has 0 aromatic carbocycles. The number of rotatable bonds is 3. The van der Waals surface area contributed by atoms with Gasteiger partial charge in [-0.3, -0.25) is 4.79 Å². The van der Waals surface area contributed by atoms with Crippen molar-refractivity contribution in [3.63, 3.8) is 0 Å². The maximum absolute atomic E-state index is 12.1. The van der Waals surface area contributed by atoms with E-state index in [0.29, 0.717) is 0 Å². The van der Waals surface area contributed by atoms with Crippen LogP contribution in [0.4, 0.5) is 0 Å². The number of hydrogen-bond donors (Lipinski definition) is 0. The molecule has 0 saturated heterocycles. The van der Waals surface area contributed by atoms with Crippen molar-refractivity contribution in [2.24, 2.45) is 10.8 Å². The van der Waals surface area contributed by atoms with Gasteiger partial charge in [-0.2, -0.15) is 0 Å². The van der Waals surface area contributed by atoms with Crippen LogP contribution in [0.3, 0.4) is 0 Å². The summed E-state index contributed by atoms with van der Waals surface area (Å²) in [7, 11) is 0. The molecule has 18 heavy (non-hydrogen) atoms. The smallest absolute Gasteiger partial charge is 0.312 e. The van der Waals surface area contributed by atoms with E-state index in [1.54, 1.807) is 0 Å². The second-order valence-electron chi connectivity index (χ2n) is 6.79. The van der Waals surface area contributed by atoms with Crippen LogP contribution in [0, 0.1) is 22.7 Å². The quantitative estimate of drug-likeness (QED) is 0.560. The first-order valence-electron chi connectivity index (χ1n) is 6.88. The standard InChI is InChI=1S/C16H26O2/c1-7-8-9-10-16(6,15(5)11-12-15)18-13(17)14(2,3)4/h7-8,11-12H2,1-6H3. The maximum Gasteiger partial charge on any atom is 0.312 e. The van der Waals surface area contributed by atoms with Crippen LogP contribution >= 0.6 is 0 Å². The predicted molar refractivity (Wildman–Crippen MR) is 74.0 cm³/mol. The Morgan fingerprint density at radius 3 is 2.22 bits per heavy atom. The van der Waals surface area contributed by atoms with Crippen LogP contribution in [-0.4, -0.2) is 11.6 Å². The molecule has 0 aromatic rings. The van der Waals surface area contributed by atoms with E-state index in [-0.39, 0.29) is 11.4 Å². The molecule has 1 saturated carbocycles. The van der Waals surface area contributed by atoms with Crippen LogP contribution in [-0.2, 0) is 9.53 Å². The largest absolute Gasteiger partial charge is 0.445 e. The summed E-state index contributed by atoms with van der Waals surface area (Å²) in [6, 6.07) is 0. The van der Waals surface area contributed by atoms with Crippen LogP contribution in [0.2, 0.25) is 0 Å². The Morgan fingerprint density at radius 1 is 1.28 bits per heavy atom. The summed E-state index contributed by atoms with van der Waals surface area (Å²) in [6.07, 6.45) is 4.06. The lowest BCUT2D eigenvalue weighted by Gasteiger charge is -2.33. The first-order valence-corrected chi connectivity index (χ1v) is 6.88. The average molecular weight is 250 g/mol. The zero-order valence-electron chi connectivity index (χ0n) is 12.6. The second kappa shape index (κ2) is 4.96. The average Bonchev–Trinajstić information content (AvgIpc) is 2.97. The molecule has 1 aliphatic carbocycles. The lowest BCUT2D eigenvalue weighted by atomic mass is 9.86. The Kier molecular flexibility index (Phi) is 4.15. The number of unbranched alkanes of at least 4 members (excludes halogenated alkanes) is 1. The number of hydrogen-bond acceptors (Lipinski definition) is 2. The van der Waals surface area contributed by atoms with Crippen molar-refractivity contribution in [1.82, 2.24) is 0 Å². The van der Waals surface area contributed by atoms with E-state index in [0.717, 1.165) is 25.7 Å². The van der Waals surface area contributed by atoms with Crippen molar-refractivity contribution in [2.75, 3.05) is 0 Å². The molecule has 1 atom stereocenters. The first-order chi connectivity index (χ1) is 8.15. The van der Waals surface area contributed by atoms with Gasteiger partial charge in [0.15, 0.2) is 5.60 Å². The molecule has 2 nitrogen and oxygen atoms in total. The molecule has 0 spiro atoms. The molecule has 0 heterocycles. The lowest BCUT2D eigenvalue weighted by molar-refractivity contribution is -0.167. The highest BCUT2D eigenvalue weighted by molar-refractivity contribution is 5.76. The molecule has 1 rings (SSSR count). The third kappa shape index (κ3) is 3.28. The van der Waals surface area contributed by atoms with Gasteiger partial charge in [0.1, 0.15) is 0 Å². The van der Waals surface area contributed by atoms with Crippen LogP contribution in [0.15, 0.2) is 0 Å². The predicted octanol–water partition coefficient (Wildman–Crippen LogP) is 3.94. The van der Waals surface area contributed by atoms with Crippen LogP contribution in [0.1, 0.15) is 67.2 Å². The molecule has 2 heteroatoms. The summed E-state index contributed by atoms with van der Waals surface area (Å²) in [5, 5.41) is 0. The number of esters is 1. The molecule has 0 radical (unpaired) electrons. The summed E-state index contributed by atoms with van der Waals surface area (Å²) in [5.74, 6) is 6.20. The fraction of sp³-hybridized carbons (Fsp3) is 0.812. The summed E-state index contributed by atoms with van der Waals surface area (Å²) >= 11 is 0. The van der Waals surface area contributed by atoms with E-state index in [1.807, 2.05) is 27.7 Å². The molecular formula is C16H26O2. The normalized spacial score (nSPS) is 20.3. The molecule has 0 aromatic heterocycles. The minimum Gasteiger partial charge on any atom is -0.445 e. The van der Waals surface area contributed by atoms with Gasteiger partial charge in [0.05, 0.1) is 5.41 Å². The van der Waals surface area contributed by atoms with Crippen LogP contribution in [0.5, 0.6) is 0 Å². The Hall–Kier alpha value is -0.970. The monoisotopic (exact) mass is 250 g/mol. The highest BCUT2D eigenvalue weighted by atomic mass is 16.6. The van der Waals surface area contributed by atoms with Crippen molar-refractivity contribution in [1.29, 1.82) is 0 Å². The third-order valence-electron chi connectivity index (χ3n) is 3.76. The first kappa shape index (κ1) is 15.1. The lowest BCUT2D eigenvalue weighted by Crippen LogP contribution is -2.41. The third-order valence-corrected chi connectivity index (χ3v) is 3.76. The highest BCUT2D eigenvalue weighted by Gasteiger charge is 2.55. The SMILES string of the molecule is CCCC#CC(C)(OC(=O)C(C)(C)C)C1(C)CC1. The van der Waals surface area contributed by atoms with Crippen molar-refractivity contribution >= 4 is 5.97 Å². The van der Waals surface area contributed by atoms with E-state index in [9.17, 15) is 4.79 Å². The Balaban J connectivity index is 2.87. The van der Waals surface area contributed by atoms with Gasteiger partial charge >= 0.3 is 5.97 Å². The van der Waals surface area contributed by atoms with Gasteiger partial charge in [0.2, 0.25) is 0 Å². The van der Waals surface area contributed by atoms with E-state index < -0.39 is 11.0 Å². The van der Waals surface area contributed by atoms with Gasteiger partial charge in [-0.25, -0.2) is 0 Å². The zero-order valence-corrected chi connectivity index (χ0v) is 12.6. The van der Waals surface area contributed by atoms with Gasteiger partial charge in [-0.05, 0) is 47.0 Å². The van der Waals surface area contributed by atoms with Gasteiger partial charge in [0.25, 0.3) is 0 Å². The van der Waals surface area contributed by atoms with Gasteiger partial charge < -0.3 is 4.74 Å². The molecule has 0 bridgehead atoms. The minimum absolute atomic E-state index is 0.0364. The van der Waals surface area contributed by atoms with Gasteiger partial charge in [0, 0.05) is 11.8 Å². The van der Waals surface area contributed by atoms with Gasteiger partial charge in [-0.1, -0.05) is 25.7 Å². The zero-order chi connectivity index (χ0) is 14.0. The van der Waals surface area contributed by atoms with Gasteiger partial charge in [-0.15, -0.1) is 0 Å². The van der Waals surface area contributed by atoms with Crippen LogP contribution in [0.25, 0.3) is 0 Å². The molecule has 1 aliphatic rings.